The Labute approximate surface area is 169 Å². The lowest BCUT2D eigenvalue weighted by Crippen LogP contribution is -2.39. The zero-order valence-electron chi connectivity index (χ0n) is 16.9. The quantitative estimate of drug-likeness (QED) is 0.689. The van der Waals surface area contributed by atoms with Gasteiger partial charge in [0.1, 0.15) is 18.0 Å². The average Bonchev–Trinajstić information content (AvgIpc) is 3.08. The van der Waals surface area contributed by atoms with Gasteiger partial charge in [-0.1, -0.05) is 13.8 Å². The molecule has 0 fully saturated rings. The minimum Gasteiger partial charge on any atom is -0.497 e. The van der Waals surface area contributed by atoms with E-state index in [1.54, 1.807) is 29.3 Å². The Kier molecular flexibility index (Phi) is 7.80. The van der Waals surface area contributed by atoms with Crippen LogP contribution in [-0.2, 0) is 4.79 Å². The van der Waals surface area contributed by atoms with Crippen LogP contribution in [0.15, 0.2) is 24.4 Å². The number of rotatable bonds is 9. The summed E-state index contributed by atoms with van der Waals surface area (Å²) < 4.78 is 10.5. The van der Waals surface area contributed by atoms with Crippen LogP contribution in [0.3, 0.4) is 0 Å². The molecule has 0 radical (unpaired) electrons. The lowest BCUT2D eigenvalue weighted by Gasteiger charge is -2.23. The number of ether oxygens (including phenoxy) is 2. The molecule has 8 heteroatoms. The topological polar surface area (TPSA) is 80.8 Å². The second-order valence-corrected chi connectivity index (χ2v) is 8.07. The highest BCUT2D eigenvalue weighted by atomic mass is 32.1. The highest BCUT2D eigenvalue weighted by Crippen LogP contribution is 2.24. The van der Waals surface area contributed by atoms with E-state index in [2.05, 4.69) is 24.1 Å². The monoisotopic (exact) mass is 405 g/mol. The van der Waals surface area contributed by atoms with Gasteiger partial charge in [-0.3, -0.25) is 9.59 Å². The fraction of sp³-hybridized carbons (Fsp3) is 0.450. The number of benzene rings is 1. The number of aromatic nitrogens is 1. The molecule has 7 nitrogen and oxygen atoms in total. The number of hydrogen-bond donors (Lipinski definition) is 1. The molecule has 152 valence electrons. The highest BCUT2D eigenvalue weighted by Gasteiger charge is 2.21. The van der Waals surface area contributed by atoms with Crippen molar-refractivity contribution in [2.45, 2.75) is 27.2 Å². The molecule has 1 N–H and O–H groups in total. The van der Waals surface area contributed by atoms with Crippen molar-refractivity contribution < 1.29 is 19.1 Å². The van der Waals surface area contributed by atoms with E-state index in [4.69, 9.17) is 9.47 Å². The zero-order chi connectivity index (χ0) is 20.7. The van der Waals surface area contributed by atoms with Gasteiger partial charge in [0.25, 0.3) is 5.91 Å². The molecule has 0 aliphatic rings. The average molecular weight is 406 g/mol. The van der Waals surface area contributed by atoms with E-state index in [0.717, 1.165) is 11.3 Å². The first-order valence-electron chi connectivity index (χ1n) is 9.07. The number of nitrogens with zero attached hydrogens (tertiary/aromatic N) is 2. The van der Waals surface area contributed by atoms with Crippen molar-refractivity contribution in [3.8, 4) is 11.5 Å². The third-order valence-electron chi connectivity index (χ3n) is 4.06. The Morgan fingerprint density at radius 3 is 2.32 bits per heavy atom. The standard InChI is InChI=1S/C20H27N3O4S/c1-13(2)6-7-23(12-18(24)22-20-21-11-14(3)28-20)19(25)15-8-16(26-4)10-17(9-15)27-5/h8-11,13H,6-7,12H2,1-5H3,(H,21,22,24). The van der Waals surface area contributed by atoms with Crippen molar-refractivity contribution in [3.05, 3.63) is 34.8 Å². The predicted octanol–water partition coefficient (Wildman–Crippen LogP) is 3.60. The molecular weight excluding hydrogens is 378 g/mol. The number of carbonyl (C=O) groups is 2. The molecule has 0 aliphatic heterocycles. The summed E-state index contributed by atoms with van der Waals surface area (Å²) in [6, 6.07) is 5.00. The fourth-order valence-electron chi connectivity index (χ4n) is 2.52. The van der Waals surface area contributed by atoms with Crippen molar-refractivity contribution in [1.29, 1.82) is 0 Å². The van der Waals surface area contributed by atoms with E-state index < -0.39 is 0 Å². The van der Waals surface area contributed by atoms with Crippen LogP contribution in [0.2, 0.25) is 0 Å². The van der Waals surface area contributed by atoms with Crippen LogP contribution in [0.4, 0.5) is 5.13 Å². The molecule has 1 heterocycles. The highest BCUT2D eigenvalue weighted by molar-refractivity contribution is 7.15. The van der Waals surface area contributed by atoms with E-state index in [-0.39, 0.29) is 18.4 Å². The number of carbonyl (C=O) groups excluding carboxylic acids is 2. The molecule has 0 saturated carbocycles. The van der Waals surface area contributed by atoms with Gasteiger partial charge in [0.05, 0.1) is 14.2 Å². The number of aryl methyl sites for hydroxylation is 1. The van der Waals surface area contributed by atoms with Crippen LogP contribution < -0.4 is 14.8 Å². The van der Waals surface area contributed by atoms with Gasteiger partial charge in [-0.25, -0.2) is 4.98 Å². The van der Waals surface area contributed by atoms with Gasteiger partial charge >= 0.3 is 0 Å². The first kappa shape index (κ1) is 21.7. The smallest absolute Gasteiger partial charge is 0.254 e. The molecule has 0 atom stereocenters. The zero-order valence-corrected chi connectivity index (χ0v) is 17.8. The van der Waals surface area contributed by atoms with Crippen molar-refractivity contribution in [1.82, 2.24) is 9.88 Å². The fourth-order valence-corrected chi connectivity index (χ4v) is 3.21. The summed E-state index contributed by atoms with van der Waals surface area (Å²) in [7, 11) is 3.06. The minimum atomic E-state index is -0.277. The summed E-state index contributed by atoms with van der Waals surface area (Å²) in [5.74, 6) is 0.924. The van der Waals surface area contributed by atoms with E-state index in [1.807, 2.05) is 6.92 Å². The number of methoxy groups -OCH3 is 2. The van der Waals surface area contributed by atoms with Crippen LogP contribution in [0.25, 0.3) is 0 Å². The van der Waals surface area contributed by atoms with Gasteiger partial charge in [0.15, 0.2) is 5.13 Å². The first-order valence-corrected chi connectivity index (χ1v) is 9.88. The van der Waals surface area contributed by atoms with Gasteiger partial charge in [0, 0.05) is 29.2 Å². The second kappa shape index (κ2) is 10.1. The van der Waals surface area contributed by atoms with Crippen LogP contribution >= 0.6 is 11.3 Å². The van der Waals surface area contributed by atoms with Gasteiger partial charge in [-0.2, -0.15) is 0 Å². The number of anilines is 1. The molecule has 28 heavy (non-hydrogen) atoms. The van der Waals surface area contributed by atoms with E-state index in [9.17, 15) is 9.59 Å². The molecule has 2 amide bonds. The lowest BCUT2D eigenvalue weighted by atomic mass is 10.1. The van der Waals surface area contributed by atoms with Crippen molar-refractivity contribution in [2.24, 2.45) is 5.92 Å². The number of hydrogen-bond acceptors (Lipinski definition) is 6. The number of thiazole rings is 1. The summed E-state index contributed by atoms with van der Waals surface area (Å²) in [5, 5.41) is 3.29. The minimum absolute atomic E-state index is 0.0519. The van der Waals surface area contributed by atoms with Crippen LogP contribution in [-0.4, -0.2) is 49.0 Å². The summed E-state index contributed by atoms with van der Waals surface area (Å²) >= 11 is 1.40. The predicted molar refractivity (Wildman–Crippen MR) is 110 cm³/mol. The van der Waals surface area contributed by atoms with E-state index in [0.29, 0.717) is 34.7 Å². The van der Waals surface area contributed by atoms with Crippen LogP contribution in [0, 0.1) is 12.8 Å². The summed E-state index contributed by atoms with van der Waals surface area (Å²) in [5.41, 5.74) is 0.415. The molecule has 0 unspecified atom stereocenters. The van der Waals surface area contributed by atoms with Gasteiger partial charge in [-0.15, -0.1) is 11.3 Å². The largest absolute Gasteiger partial charge is 0.497 e. The van der Waals surface area contributed by atoms with Gasteiger partial charge in [0.2, 0.25) is 5.91 Å². The van der Waals surface area contributed by atoms with E-state index in [1.165, 1.54) is 25.6 Å². The Hall–Kier alpha value is -2.61. The Balaban J connectivity index is 2.18. The molecule has 2 aromatic rings. The maximum atomic E-state index is 13.1. The summed E-state index contributed by atoms with van der Waals surface area (Å²) in [6.07, 6.45) is 2.49. The molecule has 0 aliphatic carbocycles. The van der Waals surface area contributed by atoms with Gasteiger partial charge < -0.3 is 19.7 Å². The maximum absolute atomic E-state index is 13.1. The third kappa shape index (κ3) is 6.23. The van der Waals surface area contributed by atoms with Crippen molar-refractivity contribution in [3.63, 3.8) is 0 Å². The molecule has 1 aromatic carbocycles. The van der Waals surface area contributed by atoms with Crippen molar-refractivity contribution >= 4 is 28.3 Å². The molecule has 0 spiro atoms. The Morgan fingerprint density at radius 2 is 1.82 bits per heavy atom. The van der Waals surface area contributed by atoms with Crippen LogP contribution in [0.5, 0.6) is 11.5 Å². The Morgan fingerprint density at radius 1 is 1.18 bits per heavy atom. The number of nitrogens with one attached hydrogen (secondary N) is 1. The normalized spacial score (nSPS) is 10.6. The molecular formula is C20H27N3O4S. The van der Waals surface area contributed by atoms with Crippen LogP contribution in [0.1, 0.15) is 35.5 Å². The van der Waals surface area contributed by atoms with E-state index >= 15 is 0 Å². The SMILES string of the molecule is COc1cc(OC)cc(C(=O)N(CCC(C)C)CC(=O)Nc2ncc(C)s2)c1. The summed E-state index contributed by atoms with van der Waals surface area (Å²) in [4.78, 5) is 32.3. The molecule has 0 bridgehead atoms. The maximum Gasteiger partial charge on any atom is 0.254 e. The second-order valence-electron chi connectivity index (χ2n) is 6.83. The Bertz CT molecular complexity index is 797. The molecule has 0 saturated heterocycles. The van der Waals surface area contributed by atoms with Crippen molar-refractivity contribution in [2.75, 3.05) is 32.6 Å². The molecule has 1 aromatic heterocycles. The number of amides is 2. The molecule has 2 rings (SSSR count). The lowest BCUT2D eigenvalue weighted by molar-refractivity contribution is -0.116. The van der Waals surface area contributed by atoms with Gasteiger partial charge in [-0.05, 0) is 31.4 Å². The first-order chi connectivity index (χ1) is 13.3. The third-order valence-corrected chi connectivity index (χ3v) is 4.89. The summed E-state index contributed by atoms with van der Waals surface area (Å²) in [6.45, 7) is 6.50.